The van der Waals surface area contributed by atoms with Crippen LogP contribution in [0.15, 0.2) is 22.8 Å². The average molecular weight is 333 g/mol. The van der Waals surface area contributed by atoms with Gasteiger partial charge in [-0.2, -0.15) is 0 Å². The fraction of sp³-hybridized carbons (Fsp3) is 0.200. The van der Waals surface area contributed by atoms with Gasteiger partial charge in [-0.05, 0) is 34.9 Å². The molecule has 0 saturated carbocycles. The lowest BCUT2D eigenvalue weighted by Gasteiger charge is -2.10. The Hall–Kier alpha value is -2.67. The van der Waals surface area contributed by atoms with Crippen molar-refractivity contribution in [2.24, 2.45) is 0 Å². The summed E-state index contributed by atoms with van der Waals surface area (Å²) in [5, 5.41) is 7.79. The minimum Gasteiger partial charge on any atom is -0.465 e. The lowest BCUT2D eigenvalue weighted by atomic mass is 10.00. The molecule has 0 aliphatic carbocycles. The van der Waals surface area contributed by atoms with E-state index < -0.39 is 5.97 Å². The maximum absolute atomic E-state index is 11.7. The second-order valence-electron chi connectivity index (χ2n) is 5.01. The third-order valence-corrected chi connectivity index (χ3v) is 3.91. The van der Waals surface area contributed by atoms with Crippen molar-refractivity contribution in [1.29, 1.82) is 0 Å². The quantitative estimate of drug-likeness (QED) is 0.735. The standard InChI is InChI=1S/C15H13ClN4O3/c1-7-9(12(17)13-14(18-7)20-23-19-13)5-8-3-4-11(16)10(6-8)15(21)22-2/h3-4,6H,5,17H2,1-2H3. The maximum Gasteiger partial charge on any atom is 0.339 e. The van der Waals surface area contributed by atoms with Crippen molar-refractivity contribution in [3.63, 3.8) is 0 Å². The third-order valence-electron chi connectivity index (χ3n) is 3.58. The molecule has 0 bridgehead atoms. The molecule has 1 aromatic carbocycles. The van der Waals surface area contributed by atoms with E-state index in [4.69, 9.17) is 22.1 Å². The van der Waals surface area contributed by atoms with Gasteiger partial charge < -0.3 is 10.5 Å². The van der Waals surface area contributed by atoms with E-state index in [1.165, 1.54) is 7.11 Å². The van der Waals surface area contributed by atoms with Gasteiger partial charge in [0.25, 0.3) is 0 Å². The van der Waals surface area contributed by atoms with E-state index >= 15 is 0 Å². The van der Waals surface area contributed by atoms with Crippen LogP contribution in [0.1, 0.15) is 27.2 Å². The summed E-state index contributed by atoms with van der Waals surface area (Å²) in [6.07, 6.45) is 0.467. The van der Waals surface area contributed by atoms with Crippen LogP contribution in [0.4, 0.5) is 5.69 Å². The normalized spacial score (nSPS) is 10.9. The molecule has 0 radical (unpaired) electrons. The molecule has 0 unspecified atom stereocenters. The van der Waals surface area contributed by atoms with Crippen molar-refractivity contribution < 1.29 is 14.2 Å². The van der Waals surface area contributed by atoms with Gasteiger partial charge in [-0.15, -0.1) is 0 Å². The highest BCUT2D eigenvalue weighted by Gasteiger charge is 2.16. The molecule has 0 spiro atoms. The first-order chi connectivity index (χ1) is 11.0. The number of carbonyl (C=O) groups is 1. The zero-order chi connectivity index (χ0) is 16.6. The Kier molecular flexibility index (Phi) is 3.87. The molecule has 2 aromatic heterocycles. The number of halogens is 1. The maximum atomic E-state index is 11.7. The van der Waals surface area contributed by atoms with Gasteiger partial charge in [0.2, 0.25) is 5.65 Å². The Morgan fingerprint density at radius 1 is 1.39 bits per heavy atom. The van der Waals surface area contributed by atoms with E-state index in [0.29, 0.717) is 33.9 Å². The average Bonchev–Trinajstić information content (AvgIpc) is 3.00. The van der Waals surface area contributed by atoms with E-state index in [1.807, 2.05) is 13.0 Å². The summed E-state index contributed by atoms with van der Waals surface area (Å²) in [4.78, 5) is 16.1. The van der Waals surface area contributed by atoms with Gasteiger partial charge in [0, 0.05) is 17.7 Å². The number of pyridine rings is 1. The van der Waals surface area contributed by atoms with E-state index in [1.54, 1.807) is 12.1 Å². The first-order valence-electron chi connectivity index (χ1n) is 6.75. The van der Waals surface area contributed by atoms with Gasteiger partial charge in [0.05, 0.1) is 23.4 Å². The molecule has 23 heavy (non-hydrogen) atoms. The zero-order valence-electron chi connectivity index (χ0n) is 12.5. The molecule has 0 saturated heterocycles. The Morgan fingerprint density at radius 3 is 2.91 bits per heavy atom. The molecule has 0 atom stereocenters. The molecule has 8 heteroatoms. The Morgan fingerprint density at radius 2 is 2.17 bits per heavy atom. The number of aromatic nitrogens is 3. The number of rotatable bonds is 3. The second kappa shape index (κ2) is 5.85. The highest BCUT2D eigenvalue weighted by Crippen LogP contribution is 2.27. The van der Waals surface area contributed by atoms with Crippen molar-refractivity contribution in [2.45, 2.75) is 13.3 Å². The van der Waals surface area contributed by atoms with Crippen molar-refractivity contribution >= 4 is 34.4 Å². The zero-order valence-corrected chi connectivity index (χ0v) is 13.2. The first kappa shape index (κ1) is 15.2. The number of nitrogens with zero attached hydrogens (tertiary/aromatic N) is 3. The number of anilines is 1. The minimum absolute atomic E-state index is 0.306. The predicted molar refractivity (Wildman–Crippen MR) is 84.3 cm³/mol. The number of aryl methyl sites for hydroxylation is 1. The number of fused-ring (bicyclic) bond motifs is 1. The molecule has 0 aliphatic heterocycles. The van der Waals surface area contributed by atoms with Crippen molar-refractivity contribution in [2.75, 3.05) is 12.8 Å². The summed E-state index contributed by atoms with van der Waals surface area (Å²) >= 11 is 6.03. The number of hydrogen-bond donors (Lipinski definition) is 1. The fourth-order valence-corrected chi connectivity index (χ4v) is 2.56. The number of nitrogens with two attached hydrogens (primary N) is 1. The van der Waals surface area contributed by atoms with Crippen LogP contribution in [0.2, 0.25) is 5.02 Å². The van der Waals surface area contributed by atoms with Crippen molar-refractivity contribution in [3.05, 3.63) is 45.6 Å². The van der Waals surface area contributed by atoms with Gasteiger partial charge >= 0.3 is 5.97 Å². The molecule has 2 heterocycles. The smallest absolute Gasteiger partial charge is 0.339 e. The Labute approximate surface area is 136 Å². The largest absolute Gasteiger partial charge is 0.465 e. The number of nitrogen functional groups attached to an aromatic ring is 1. The molecule has 3 aromatic rings. The molecule has 3 rings (SSSR count). The monoisotopic (exact) mass is 332 g/mol. The second-order valence-corrected chi connectivity index (χ2v) is 5.42. The van der Waals surface area contributed by atoms with Crippen LogP contribution in [0.5, 0.6) is 0 Å². The molecule has 0 amide bonds. The van der Waals surface area contributed by atoms with Crippen LogP contribution in [-0.2, 0) is 11.2 Å². The minimum atomic E-state index is -0.490. The molecular weight excluding hydrogens is 320 g/mol. The Balaban J connectivity index is 2.04. The summed E-state index contributed by atoms with van der Waals surface area (Å²) in [5.74, 6) is -0.490. The van der Waals surface area contributed by atoms with Gasteiger partial charge in [-0.25, -0.2) is 14.4 Å². The van der Waals surface area contributed by atoms with Crippen LogP contribution < -0.4 is 5.73 Å². The molecule has 2 N–H and O–H groups in total. The van der Waals surface area contributed by atoms with Crippen molar-refractivity contribution in [1.82, 2.24) is 15.3 Å². The van der Waals surface area contributed by atoms with Crippen LogP contribution in [0, 0.1) is 6.92 Å². The summed E-state index contributed by atoms with van der Waals surface area (Å²) in [6.45, 7) is 1.83. The fourth-order valence-electron chi connectivity index (χ4n) is 2.37. The highest BCUT2D eigenvalue weighted by molar-refractivity contribution is 6.33. The topological polar surface area (TPSA) is 104 Å². The highest BCUT2D eigenvalue weighted by atomic mass is 35.5. The van der Waals surface area contributed by atoms with Crippen LogP contribution in [0.3, 0.4) is 0 Å². The van der Waals surface area contributed by atoms with Gasteiger partial charge in [0.1, 0.15) is 0 Å². The number of carbonyl (C=O) groups excluding carboxylic acids is 1. The van der Waals surface area contributed by atoms with E-state index in [2.05, 4.69) is 19.9 Å². The molecule has 118 valence electrons. The Bertz CT molecular complexity index is 907. The number of benzene rings is 1. The van der Waals surface area contributed by atoms with E-state index in [0.717, 1.165) is 16.8 Å². The summed E-state index contributed by atoms with van der Waals surface area (Å²) < 4.78 is 9.39. The molecular formula is C15H13ClN4O3. The molecule has 0 aliphatic rings. The van der Waals surface area contributed by atoms with Crippen LogP contribution >= 0.6 is 11.6 Å². The summed E-state index contributed by atoms with van der Waals surface area (Å²) in [5.41, 5.74) is 10.1. The van der Waals surface area contributed by atoms with Crippen LogP contribution in [-0.4, -0.2) is 28.4 Å². The molecule has 0 fully saturated rings. The van der Waals surface area contributed by atoms with E-state index in [-0.39, 0.29) is 0 Å². The third kappa shape index (κ3) is 2.70. The number of hydrogen-bond acceptors (Lipinski definition) is 7. The predicted octanol–water partition coefficient (Wildman–Crippen LogP) is 2.54. The van der Waals surface area contributed by atoms with Crippen molar-refractivity contribution in [3.8, 4) is 0 Å². The number of ether oxygens (including phenoxy) is 1. The van der Waals surface area contributed by atoms with E-state index in [9.17, 15) is 4.79 Å². The summed E-state index contributed by atoms with van der Waals surface area (Å²) in [7, 11) is 1.31. The SMILES string of the molecule is COC(=O)c1cc(Cc2c(C)nc3nonc3c2N)ccc1Cl. The first-order valence-corrected chi connectivity index (χ1v) is 7.13. The number of esters is 1. The lowest BCUT2D eigenvalue weighted by Crippen LogP contribution is -2.05. The van der Waals surface area contributed by atoms with Gasteiger partial charge in [-0.3, -0.25) is 0 Å². The van der Waals surface area contributed by atoms with Gasteiger partial charge in [-0.1, -0.05) is 17.7 Å². The molecule has 7 nitrogen and oxygen atoms in total. The number of methoxy groups -OCH3 is 1. The van der Waals surface area contributed by atoms with Gasteiger partial charge in [0.15, 0.2) is 5.52 Å². The summed E-state index contributed by atoms with van der Waals surface area (Å²) in [6, 6.07) is 5.15. The lowest BCUT2D eigenvalue weighted by molar-refractivity contribution is 0.0601. The van der Waals surface area contributed by atoms with Crippen LogP contribution in [0.25, 0.3) is 11.2 Å².